The van der Waals surface area contributed by atoms with Gasteiger partial charge in [0.25, 0.3) is 0 Å². The first kappa shape index (κ1) is 14.3. The van der Waals surface area contributed by atoms with Crippen molar-refractivity contribution in [3.63, 3.8) is 0 Å². The zero-order valence-corrected chi connectivity index (χ0v) is 11.1. The van der Waals surface area contributed by atoms with Crippen LogP contribution >= 0.6 is 0 Å². The Morgan fingerprint density at radius 1 is 1.25 bits per heavy atom. The van der Waals surface area contributed by atoms with Crippen molar-refractivity contribution in [1.82, 2.24) is 19.7 Å². The molecule has 2 heterocycles. The van der Waals surface area contributed by atoms with E-state index in [1.165, 1.54) is 0 Å². The number of halogens is 3. The van der Waals surface area contributed by atoms with E-state index in [1.54, 1.807) is 6.07 Å². The lowest BCUT2D eigenvalue weighted by Gasteiger charge is -2.08. The van der Waals surface area contributed by atoms with E-state index in [-0.39, 0.29) is 0 Å². The van der Waals surface area contributed by atoms with Crippen LogP contribution in [0, 0.1) is 0 Å². The third kappa shape index (κ3) is 3.06. The Balaban J connectivity index is 2.41. The first-order valence-electron chi connectivity index (χ1n) is 6.18. The van der Waals surface area contributed by atoms with E-state index in [2.05, 4.69) is 20.4 Å². The number of nitrogens with zero attached hydrogens (tertiary/aromatic N) is 4. The van der Waals surface area contributed by atoms with E-state index in [0.717, 1.165) is 17.1 Å². The summed E-state index contributed by atoms with van der Waals surface area (Å²) in [6.07, 6.45) is -2.14. The second-order valence-electron chi connectivity index (χ2n) is 4.08. The predicted octanol–water partition coefficient (Wildman–Crippen LogP) is 2.68. The van der Waals surface area contributed by atoms with Gasteiger partial charge >= 0.3 is 6.18 Å². The van der Waals surface area contributed by atoms with Gasteiger partial charge in [-0.2, -0.15) is 18.3 Å². The van der Waals surface area contributed by atoms with Gasteiger partial charge in [-0.1, -0.05) is 6.92 Å². The molecule has 0 amide bonds. The van der Waals surface area contributed by atoms with Crippen LogP contribution in [0.5, 0.6) is 0 Å². The summed E-state index contributed by atoms with van der Waals surface area (Å²) in [5.74, 6) is 1.42. The fourth-order valence-electron chi connectivity index (χ4n) is 1.62. The van der Waals surface area contributed by atoms with Gasteiger partial charge in [-0.15, -0.1) is 0 Å². The molecule has 2 aromatic rings. The van der Waals surface area contributed by atoms with Gasteiger partial charge in [-0.05, 0) is 6.92 Å². The topological polar surface area (TPSA) is 55.6 Å². The van der Waals surface area contributed by atoms with E-state index >= 15 is 0 Å². The fourth-order valence-corrected chi connectivity index (χ4v) is 1.62. The molecule has 0 aliphatic rings. The predicted molar refractivity (Wildman–Crippen MR) is 67.7 cm³/mol. The molecule has 0 bridgehead atoms. The second-order valence-corrected chi connectivity index (χ2v) is 4.08. The Hall–Kier alpha value is -2.12. The summed E-state index contributed by atoms with van der Waals surface area (Å²) in [7, 11) is 0. The van der Waals surface area contributed by atoms with Crippen molar-refractivity contribution >= 4 is 5.82 Å². The van der Waals surface area contributed by atoms with Crippen molar-refractivity contribution in [1.29, 1.82) is 0 Å². The first-order valence-corrected chi connectivity index (χ1v) is 6.18. The minimum atomic E-state index is -4.41. The SMILES string of the molecule is CCNc1cc(-n2cc(C(F)(F)F)cn2)nc(CC)n1. The van der Waals surface area contributed by atoms with Crippen LogP contribution in [0.4, 0.5) is 19.0 Å². The summed E-state index contributed by atoms with van der Waals surface area (Å²) >= 11 is 0. The molecular weight excluding hydrogens is 271 g/mol. The normalized spacial score (nSPS) is 11.7. The number of hydrogen-bond acceptors (Lipinski definition) is 4. The van der Waals surface area contributed by atoms with Gasteiger partial charge in [0.05, 0.1) is 11.8 Å². The van der Waals surface area contributed by atoms with Gasteiger partial charge in [-0.25, -0.2) is 14.6 Å². The van der Waals surface area contributed by atoms with Crippen LogP contribution in [0.2, 0.25) is 0 Å². The molecule has 2 aromatic heterocycles. The van der Waals surface area contributed by atoms with Crippen LogP contribution in [0.3, 0.4) is 0 Å². The van der Waals surface area contributed by atoms with Crippen molar-refractivity contribution < 1.29 is 13.2 Å². The maximum absolute atomic E-state index is 12.6. The van der Waals surface area contributed by atoms with Crippen molar-refractivity contribution in [2.45, 2.75) is 26.4 Å². The van der Waals surface area contributed by atoms with E-state index in [0.29, 0.717) is 30.4 Å². The summed E-state index contributed by atoms with van der Waals surface area (Å²) in [6.45, 7) is 4.44. The summed E-state index contributed by atoms with van der Waals surface area (Å²) in [6, 6.07) is 1.57. The number of nitrogens with one attached hydrogen (secondary N) is 1. The summed E-state index contributed by atoms with van der Waals surface area (Å²) < 4.78 is 38.8. The van der Waals surface area contributed by atoms with Gasteiger partial charge in [-0.3, -0.25) is 0 Å². The van der Waals surface area contributed by atoms with Crippen molar-refractivity contribution in [2.24, 2.45) is 0 Å². The average Bonchev–Trinajstić information content (AvgIpc) is 2.88. The Morgan fingerprint density at radius 3 is 2.55 bits per heavy atom. The van der Waals surface area contributed by atoms with Gasteiger partial charge in [0, 0.05) is 25.2 Å². The zero-order chi connectivity index (χ0) is 14.8. The van der Waals surface area contributed by atoms with Crippen LogP contribution < -0.4 is 5.32 Å². The third-order valence-corrected chi connectivity index (χ3v) is 2.58. The number of alkyl halides is 3. The van der Waals surface area contributed by atoms with Crippen molar-refractivity contribution in [2.75, 3.05) is 11.9 Å². The molecule has 0 aliphatic heterocycles. The largest absolute Gasteiger partial charge is 0.419 e. The Bertz CT molecular complexity index is 591. The quantitative estimate of drug-likeness (QED) is 0.938. The molecule has 20 heavy (non-hydrogen) atoms. The van der Waals surface area contributed by atoms with Crippen molar-refractivity contribution in [3.05, 3.63) is 29.8 Å². The maximum atomic E-state index is 12.6. The van der Waals surface area contributed by atoms with Gasteiger partial charge in [0.15, 0.2) is 5.82 Å². The Labute approximate surface area is 113 Å². The lowest BCUT2D eigenvalue weighted by Crippen LogP contribution is -2.08. The van der Waals surface area contributed by atoms with Crippen LogP contribution in [-0.4, -0.2) is 26.3 Å². The highest BCUT2D eigenvalue weighted by molar-refractivity contribution is 5.41. The average molecular weight is 285 g/mol. The molecule has 108 valence electrons. The highest BCUT2D eigenvalue weighted by atomic mass is 19.4. The standard InChI is InChI=1S/C12H14F3N5/c1-3-9-18-10(16-4-2)5-11(19-9)20-7-8(6-17-20)12(13,14)15/h5-7H,3-4H2,1-2H3,(H,16,18,19). The molecule has 0 atom stereocenters. The molecule has 0 saturated carbocycles. The number of hydrogen-bond donors (Lipinski definition) is 1. The van der Waals surface area contributed by atoms with Crippen molar-refractivity contribution in [3.8, 4) is 5.82 Å². The number of aromatic nitrogens is 4. The molecule has 0 radical (unpaired) electrons. The van der Waals surface area contributed by atoms with E-state index < -0.39 is 11.7 Å². The van der Waals surface area contributed by atoms with Gasteiger partial charge in [0.2, 0.25) is 0 Å². The maximum Gasteiger partial charge on any atom is 0.419 e. The summed E-state index contributed by atoms with van der Waals surface area (Å²) in [4.78, 5) is 8.42. The van der Waals surface area contributed by atoms with E-state index in [9.17, 15) is 13.2 Å². The van der Waals surface area contributed by atoms with Crippen LogP contribution in [0.25, 0.3) is 5.82 Å². The van der Waals surface area contributed by atoms with Gasteiger partial charge in [0.1, 0.15) is 11.6 Å². The number of anilines is 1. The molecule has 0 saturated heterocycles. The monoisotopic (exact) mass is 285 g/mol. The Kier molecular flexibility index (Phi) is 3.91. The molecule has 2 rings (SSSR count). The minimum absolute atomic E-state index is 0.309. The molecule has 0 aromatic carbocycles. The van der Waals surface area contributed by atoms with Crippen LogP contribution in [0.1, 0.15) is 25.2 Å². The zero-order valence-electron chi connectivity index (χ0n) is 11.1. The highest BCUT2D eigenvalue weighted by Gasteiger charge is 2.32. The molecule has 1 N–H and O–H groups in total. The molecule has 8 heteroatoms. The summed E-state index contributed by atoms with van der Waals surface area (Å²) in [5.41, 5.74) is -0.806. The molecule has 5 nitrogen and oxygen atoms in total. The molecular formula is C12H14F3N5. The fraction of sp³-hybridized carbons (Fsp3) is 0.417. The first-order chi connectivity index (χ1) is 9.44. The summed E-state index contributed by atoms with van der Waals surface area (Å²) in [5, 5.41) is 6.72. The van der Waals surface area contributed by atoms with Gasteiger partial charge < -0.3 is 5.32 Å². The highest BCUT2D eigenvalue weighted by Crippen LogP contribution is 2.29. The second kappa shape index (κ2) is 5.48. The third-order valence-electron chi connectivity index (χ3n) is 2.58. The minimum Gasteiger partial charge on any atom is -0.370 e. The number of rotatable bonds is 4. The molecule has 0 fully saturated rings. The van der Waals surface area contributed by atoms with Crippen LogP contribution in [-0.2, 0) is 12.6 Å². The lowest BCUT2D eigenvalue weighted by molar-refractivity contribution is -0.137. The molecule has 0 spiro atoms. The lowest BCUT2D eigenvalue weighted by atomic mass is 10.3. The van der Waals surface area contributed by atoms with E-state index in [1.807, 2.05) is 13.8 Å². The number of aryl methyl sites for hydroxylation is 1. The smallest absolute Gasteiger partial charge is 0.370 e. The van der Waals surface area contributed by atoms with Crippen LogP contribution in [0.15, 0.2) is 18.5 Å². The molecule has 0 unspecified atom stereocenters. The van der Waals surface area contributed by atoms with E-state index in [4.69, 9.17) is 0 Å². The Morgan fingerprint density at radius 2 is 2.00 bits per heavy atom. The molecule has 0 aliphatic carbocycles.